The van der Waals surface area contributed by atoms with Crippen molar-refractivity contribution in [3.05, 3.63) is 59.8 Å². The van der Waals surface area contributed by atoms with Gasteiger partial charge in [0, 0.05) is 24.8 Å². The van der Waals surface area contributed by atoms with Gasteiger partial charge in [-0.2, -0.15) is 0 Å². The van der Waals surface area contributed by atoms with Crippen LogP contribution in [-0.4, -0.2) is 30.0 Å². The minimum Gasteiger partial charge on any atom is -0.352 e. The van der Waals surface area contributed by atoms with E-state index in [9.17, 15) is 4.79 Å². The first kappa shape index (κ1) is 13.6. The summed E-state index contributed by atoms with van der Waals surface area (Å²) in [5.74, 6) is 0.971. The van der Waals surface area contributed by atoms with Crippen molar-refractivity contribution in [1.29, 1.82) is 0 Å². The molecule has 1 aromatic heterocycles. The van der Waals surface area contributed by atoms with Crippen LogP contribution in [0, 0.1) is 0 Å². The van der Waals surface area contributed by atoms with Crippen molar-refractivity contribution in [2.24, 2.45) is 0 Å². The van der Waals surface area contributed by atoms with Crippen molar-refractivity contribution in [2.75, 3.05) is 18.0 Å². The van der Waals surface area contributed by atoms with Crippen LogP contribution in [0.1, 0.15) is 22.8 Å². The summed E-state index contributed by atoms with van der Waals surface area (Å²) in [7, 11) is 0. The van der Waals surface area contributed by atoms with Gasteiger partial charge in [-0.15, -0.1) is 0 Å². The lowest BCUT2D eigenvalue weighted by molar-refractivity contribution is 0.0930. The van der Waals surface area contributed by atoms with Crippen molar-refractivity contribution < 1.29 is 4.79 Å². The Morgan fingerprint density at radius 1 is 1.24 bits per heavy atom. The highest BCUT2D eigenvalue weighted by Gasteiger charge is 2.28. The molecule has 4 nitrogen and oxygen atoms in total. The second-order valence-electron chi connectivity index (χ2n) is 5.31. The van der Waals surface area contributed by atoms with Crippen LogP contribution in [0.2, 0.25) is 0 Å². The fourth-order valence-corrected chi connectivity index (χ4v) is 2.46. The fourth-order valence-electron chi connectivity index (χ4n) is 2.46. The summed E-state index contributed by atoms with van der Waals surface area (Å²) in [5, 5.41) is 3.06. The summed E-state index contributed by atoms with van der Waals surface area (Å²) in [6, 6.07) is 13.9. The van der Waals surface area contributed by atoms with Crippen molar-refractivity contribution in [2.45, 2.75) is 19.4 Å². The molecular formula is C17H19N3O. The Bertz CT molecular complexity index is 604. The number of carbonyl (C=O) groups is 1. The summed E-state index contributed by atoms with van der Waals surface area (Å²) in [6.07, 6.45) is 2.78. The molecule has 21 heavy (non-hydrogen) atoms. The van der Waals surface area contributed by atoms with E-state index in [2.05, 4.69) is 22.1 Å². The number of carbonyl (C=O) groups excluding carboxylic acids is 1. The van der Waals surface area contributed by atoms with Crippen LogP contribution in [-0.2, 0) is 6.42 Å². The first-order chi connectivity index (χ1) is 10.3. The molecule has 1 fully saturated rings. The summed E-state index contributed by atoms with van der Waals surface area (Å²) in [5.41, 5.74) is 1.97. The lowest BCUT2D eigenvalue weighted by Crippen LogP contribution is -2.59. The van der Waals surface area contributed by atoms with Gasteiger partial charge in [-0.25, -0.2) is 4.98 Å². The van der Waals surface area contributed by atoms with Gasteiger partial charge < -0.3 is 10.2 Å². The van der Waals surface area contributed by atoms with E-state index in [0.717, 1.165) is 30.9 Å². The number of aromatic nitrogens is 1. The highest BCUT2D eigenvalue weighted by Crippen LogP contribution is 2.17. The molecule has 1 aliphatic rings. The second-order valence-corrected chi connectivity index (χ2v) is 5.31. The van der Waals surface area contributed by atoms with E-state index in [0.29, 0.717) is 0 Å². The molecule has 1 aromatic carbocycles. The Balaban J connectivity index is 1.53. The maximum absolute atomic E-state index is 12.1. The molecule has 0 atom stereocenters. The average molecular weight is 281 g/mol. The third kappa shape index (κ3) is 3.05. The molecule has 1 aliphatic heterocycles. The number of nitrogens with zero attached hydrogens (tertiary/aromatic N) is 2. The predicted octanol–water partition coefficient (Wildman–Crippen LogP) is 2.26. The zero-order valence-corrected chi connectivity index (χ0v) is 12.1. The molecule has 2 aromatic rings. The van der Waals surface area contributed by atoms with Crippen LogP contribution in [0.3, 0.4) is 0 Å². The molecule has 0 radical (unpaired) electrons. The monoisotopic (exact) mass is 281 g/mol. The van der Waals surface area contributed by atoms with Crippen molar-refractivity contribution in [3.8, 4) is 0 Å². The van der Waals surface area contributed by atoms with Gasteiger partial charge in [0.15, 0.2) is 0 Å². The van der Waals surface area contributed by atoms with Gasteiger partial charge in [0.25, 0.3) is 5.91 Å². The number of hydrogen-bond acceptors (Lipinski definition) is 3. The van der Waals surface area contributed by atoms with Crippen molar-refractivity contribution in [1.82, 2.24) is 10.3 Å². The topological polar surface area (TPSA) is 45.2 Å². The van der Waals surface area contributed by atoms with Gasteiger partial charge in [0.2, 0.25) is 0 Å². The third-order valence-electron chi connectivity index (χ3n) is 3.81. The van der Waals surface area contributed by atoms with E-state index in [1.54, 1.807) is 6.20 Å². The zero-order valence-electron chi connectivity index (χ0n) is 12.1. The first-order valence-electron chi connectivity index (χ1n) is 7.32. The summed E-state index contributed by atoms with van der Waals surface area (Å²) < 4.78 is 0. The molecule has 108 valence electrons. The highest BCUT2D eigenvalue weighted by atomic mass is 16.1. The molecular weight excluding hydrogens is 262 g/mol. The number of nitrogens with one attached hydrogen (secondary N) is 1. The molecule has 1 saturated heterocycles. The Hall–Kier alpha value is -2.36. The molecule has 2 heterocycles. The quantitative estimate of drug-likeness (QED) is 0.935. The van der Waals surface area contributed by atoms with E-state index in [1.165, 1.54) is 5.56 Å². The number of rotatable bonds is 4. The van der Waals surface area contributed by atoms with Gasteiger partial charge in [-0.1, -0.05) is 25.1 Å². The molecule has 3 rings (SSSR count). The lowest BCUT2D eigenvalue weighted by Gasteiger charge is -2.40. The van der Waals surface area contributed by atoms with Crippen LogP contribution in [0.15, 0.2) is 48.7 Å². The maximum atomic E-state index is 12.1. The van der Waals surface area contributed by atoms with Crippen molar-refractivity contribution >= 4 is 11.7 Å². The maximum Gasteiger partial charge on any atom is 0.251 e. The zero-order chi connectivity index (χ0) is 14.7. The third-order valence-corrected chi connectivity index (χ3v) is 3.81. The average Bonchev–Trinajstić information content (AvgIpc) is 2.51. The van der Waals surface area contributed by atoms with E-state index >= 15 is 0 Å². The van der Waals surface area contributed by atoms with Gasteiger partial charge in [0.1, 0.15) is 5.82 Å². The van der Waals surface area contributed by atoms with E-state index < -0.39 is 0 Å². The second kappa shape index (κ2) is 5.95. The Morgan fingerprint density at radius 2 is 2.00 bits per heavy atom. The van der Waals surface area contributed by atoms with E-state index in [4.69, 9.17) is 0 Å². The molecule has 1 amide bonds. The van der Waals surface area contributed by atoms with Gasteiger partial charge >= 0.3 is 0 Å². The first-order valence-corrected chi connectivity index (χ1v) is 7.32. The Labute approximate surface area is 124 Å². The van der Waals surface area contributed by atoms with Gasteiger partial charge in [-0.3, -0.25) is 4.79 Å². The fraction of sp³-hybridized carbons (Fsp3) is 0.294. The normalized spacial score (nSPS) is 14.6. The number of aryl methyl sites for hydroxylation is 1. The molecule has 0 bridgehead atoms. The van der Waals surface area contributed by atoms with Crippen molar-refractivity contribution in [3.63, 3.8) is 0 Å². The van der Waals surface area contributed by atoms with Crippen LogP contribution in [0.25, 0.3) is 0 Å². The number of amides is 1. The predicted molar refractivity (Wildman–Crippen MR) is 83.5 cm³/mol. The minimum atomic E-state index is 0.00308. The van der Waals surface area contributed by atoms with E-state index in [1.807, 2.05) is 42.5 Å². The molecule has 0 saturated carbocycles. The van der Waals surface area contributed by atoms with E-state index in [-0.39, 0.29) is 11.9 Å². The van der Waals surface area contributed by atoms with Crippen LogP contribution in [0.4, 0.5) is 5.82 Å². The molecule has 1 N–H and O–H groups in total. The SMILES string of the molecule is CCc1ccc(C(=O)NC2CN(c3ccccn3)C2)cc1. The van der Waals surface area contributed by atoms with Gasteiger partial charge in [-0.05, 0) is 36.2 Å². The number of pyridine rings is 1. The standard InChI is InChI=1S/C17H19N3O/c1-2-13-6-8-14(9-7-13)17(21)19-15-11-20(12-15)16-5-3-4-10-18-16/h3-10,15H,2,11-12H2,1H3,(H,19,21). The van der Waals surface area contributed by atoms with Crippen LogP contribution in [0.5, 0.6) is 0 Å². The van der Waals surface area contributed by atoms with Crippen LogP contribution >= 0.6 is 0 Å². The minimum absolute atomic E-state index is 0.00308. The smallest absolute Gasteiger partial charge is 0.251 e. The molecule has 0 unspecified atom stereocenters. The van der Waals surface area contributed by atoms with Gasteiger partial charge in [0.05, 0.1) is 6.04 Å². The Kier molecular flexibility index (Phi) is 3.86. The summed E-state index contributed by atoms with van der Waals surface area (Å²) in [4.78, 5) is 18.6. The summed E-state index contributed by atoms with van der Waals surface area (Å²) >= 11 is 0. The highest BCUT2D eigenvalue weighted by molar-refractivity contribution is 5.94. The van der Waals surface area contributed by atoms with Crippen LogP contribution < -0.4 is 10.2 Å². The summed E-state index contributed by atoms with van der Waals surface area (Å²) in [6.45, 7) is 3.74. The number of benzene rings is 1. The Morgan fingerprint density at radius 3 is 2.62 bits per heavy atom. The number of anilines is 1. The molecule has 0 aliphatic carbocycles. The molecule has 4 heteroatoms. The lowest BCUT2D eigenvalue weighted by atomic mass is 10.1. The number of hydrogen-bond donors (Lipinski definition) is 1. The largest absolute Gasteiger partial charge is 0.352 e. The molecule has 0 spiro atoms.